The van der Waals surface area contributed by atoms with Crippen LogP contribution in [0.2, 0.25) is 0 Å². The summed E-state index contributed by atoms with van der Waals surface area (Å²) in [6.07, 6.45) is 8.68. The van der Waals surface area contributed by atoms with Gasteiger partial charge in [0.2, 0.25) is 0 Å². The summed E-state index contributed by atoms with van der Waals surface area (Å²) in [7, 11) is 0. The molecule has 0 spiro atoms. The summed E-state index contributed by atoms with van der Waals surface area (Å²) in [6, 6.07) is 0. The van der Waals surface area contributed by atoms with Gasteiger partial charge in [0, 0.05) is 18.3 Å². The molecule has 2 heteroatoms. The van der Waals surface area contributed by atoms with Crippen LogP contribution in [0.25, 0.3) is 0 Å². The average Bonchev–Trinajstić information content (AvgIpc) is 2.37. The molecule has 1 nitrogen and oxygen atoms in total. The first-order chi connectivity index (χ1) is 4.86. The second kappa shape index (κ2) is 3.90. The van der Waals surface area contributed by atoms with Gasteiger partial charge in [-0.3, -0.25) is 4.90 Å². The third-order valence-electron chi connectivity index (χ3n) is 1.88. The van der Waals surface area contributed by atoms with E-state index in [0.29, 0.717) is 0 Å². The van der Waals surface area contributed by atoms with Gasteiger partial charge >= 0.3 is 0 Å². The van der Waals surface area contributed by atoms with Gasteiger partial charge in [-0.25, -0.2) is 0 Å². The van der Waals surface area contributed by atoms with Gasteiger partial charge in [-0.2, -0.15) is 11.8 Å². The van der Waals surface area contributed by atoms with Crippen molar-refractivity contribution in [2.24, 2.45) is 0 Å². The minimum absolute atomic E-state index is 0.827. The normalized spacial score (nSPS) is 26.6. The standard InChI is InChI=1S/C8H13NS/c1-3-5-9-6-4-8(7-9)10-2/h1,8H,4-7H2,2H3. The zero-order chi connectivity index (χ0) is 7.40. The Morgan fingerprint density at radius 3 is 3.10 bits per heavy atom. The lowest BCUT2D eigenvalue weighted by Crippen LogP contribution is -2.21. The average molecular weight is 155 g/mol. The van der Waals surface area contributed by atoms with Crippen LogP contribution in [-0.2, 0) is 0 Å². The van der Waals surface area contributed by atoms with Crippen molar-refractivity contribution in [1.82, 2.24) is 4.90 Å². The molecule has 0 aromatic carbocycles. The lowest BCUT2D eigenvalue weighted by Gasteiger charge is -2.10. The minimum Gasteiger partial charge on any atom is -0.291 e. The summed E-state index contributed by atoms with van der Waals surface area (Å²) in [5.41, 5.74) is 0. The van der Waals surface area contributed by atoms with Gasteiger partial charge in [0.25, 0.3) is 0 Å². The number of hydrogen-bond acceptors (Lipinski definition) is 2. The first-order valence-electron chi connectivity index (χ1n) is 3.55. The van der Waals surface area contributed by atoms with Crippen LogP contribution in [-0.4, -0.2) is 36.0 Å². The highest BCUT2D eigenvalue weighted by Gasteiger charge is 2.19. The zero-order valence-corrected chi connectivity index (χ0v) is 7.16. The Kier molecular flexibility index (Phi) is 3.11. The summed E-state index contributed by atoms with van der Waals surface area (Å²) >= 11 is 1.95. The molecule has 1 saturated heterocycles. The lowest BCUT2D eigenvalue weighted by molar-refractivity contribution is 0.384. The van der Waals surface area contributed by atoms with Crippen LogP contribution in [0.1, 0.15) is 6.42 Å². The SMILES string of the molecule is C#CCN1CCC(SC)C1. The molecule has 0 aromatic heterocycles. The maximum absolute atomic E-state index is 5.20. The highest BCUT2D eigenvalue weighted by Crippen LogP contribution is 2.19. The predicted molar refractivity (Wildman–Crippen MR) is 47.2 cm³/mol. The zero-order valence-electron chi connectivity index (χ0n) is 6.34. The van der Waals surface area contributed by atoms with E-state index in [1.165, 1.54) is 19.5 Å². The second-order valence-electron chi connectivity index (χ2n) is 2.59. The third kappa shape index (κ3) is 1.93. The maximum Gasteiger partial charge on any atom is 0.0599 e. The smallest absolute Gasteiger partial charge is 0.0599 e. The monoisotopic (exact) mass is 155 g/mol. The number of hydrogen-bond donors (Lipinski definition) is 0. The van der Waals surface area contributed by atoms with Crippen LogP contribution in [0.5, 0.6) is 0 Å². The van der Waals surface area contributed by atoms with Gasteiger partial charge in [-0.15, -0.1) is 6.42 Å². The third-order valence-corrected chi connectivity index (χ3v) is 2.93. The molecule has 0 aromatic rings. The van der Waals surface area contributed by atoms with E-state index in [1.807, 2.05) is 11.8 Å². The molecule has 0 aliphatic carbocycles. The van der Waals surface area contributed by atoms with Crippen molar-refractivity contribution in [1.29, 1.82) is 0 Å². The Balaban J connectivity index is 2.23. The van der Waals surface area contributed by atoms with Gasteiger partial charge in [0.15, 0.2) is 0 Å². The van der Waals surface area contributed by atoms with E-state index in [0.717, 1.165) is 11.8 Å². The molecule has 1 atom stereocenters. The van der Waals surface area contributed by atoms with Crippen LogP contribution in [0, 0.1) is 12.3 Å². The molecular weight excluding hydrogens is 142 g/mol. The fraction of sp³-hybridized carbons (Fsp3) is 0.750. The number of rotatable bonds is 2. The van der Waals surface area contributed by atoms with Gasteiger partial charge in [0.05, 0.1) is 6.54 Å². The molecule has 10 heavy (non-hydrogen) atoms. The summed E-state index contributed by atoms with van der Waals surface area (Å²) in [4.78, 5) is 2.33. The first-order valence-corrected chi connectivity index (χ1v) is 4.84. The number of likely N-dealkylation sites (tertiary alicyclic amines) is 1. The van der Waals surface area contributed by atoms with Gasteiger partial charge in [-0.05, 0) is 12.7 Å². The molecule has 1 aliphatic rings. The lowest BCUT2D eigenvalue weighted by atomic mass is 10.4. The molecule has 56 valence electrons. The van der Waals surface area contributed by atoms with Crippen molar-refractivity contribution in [3.05, 3.63) is 0 Å². The Morgan fingerprint density at radius 2 is 2.60 bits per heavy atom. The molecule has 0 bridgehead atoms. The van der Waals surface area contributed by atoms with E-state index >= 15 is 0 Å². The highest BCUT2D eigenvalue weighted by molar-refractivity contribution is 7.99. The van der Waals surface area contributed by atoms with E-state index < -0.39 is 0 Å². The van der Waals surface area contributed by atoms with Crippen molar-refractivity contribution >= 4 is 11.8 Å². The van der Waals surface area contributed by atoms with E-state index in [9.17, 15) is 0 Å². The number of nitrogens with zero attached hydrogens (tertiary/aromatic N) is 1. The van der Waals surface area contributed by atoms with Crippen LogP contribution < -0.4 is 0 Å². The fourth-order valence-corrected chi connectivity index (χ4v) is 1.96. The van der Waals surface area contributed by atoms with Crippen LogP contribution in [0.3, 0.4) is 0 Å². The highest BCUT2D eigenvalue weighted by atomic mass is 32.2. The van der Waals surface area contributed by atoms with Crippen molar-refractivity contribution in [3.63, 3.8) is 0 Å². The van der Waals surface area contributed by atoms with Crippen LogP contribution in [0.4, 0.5) is 0 Å². The van der Waals surface area contributed by atoms with Crippen LogP contribution in [0.15, 0.2) is 0 Å². The Hall–Kier alpha value is -0.130. The van der Waals surface area contributed by atoms with Gasteiger partial charge < -0.3 is 0 Å². The Bertz CT molecular complexity index is 139. The van der Waals surface area contributed by atoms with Crippen molar-refractivity contribution in [3.8, 4) is 12.3 Å². The number of thioether (sulfide) groups is 1. The molecule has 0 N–H and O–H groups in total. The topological polar surface area (TPSA) is 3.24 Å². The maximum atomic E-state index is 5.20. The molecule has 0 saturated carbocycles. The van der Waals surface area contributed by atoms with E-state index in [2.05, 4.69) is 17.1 Å². The predicted octanol–water partition coefficient (Wildman–Crippen LogP) is 1.06. The second-order valence-corrected chi connectivity index (χ2v) is 3.72. The molecule has 1 fully saturated rings. The van der Waals surface area contributed by atoms with Gasteiger partial charge in [0.1, 0.15) is 0 Å². The Labute approximate surface area is 67.2 Å². The largest absolute Gasteiger partial charge is 0.291 e. The summed E-state index contributed by atoms with van der Waals surface area (Å²) in [5.74, 6) is 2.67. The molecular formula is C8H13NS. The summed E-state index contributed by atoms with van der Waals surface area (Å²) in [6.45, 7) is 3.21. The number of terminal acetylenes is 1. The van der Waals surface area contributed by atoms with Crippen molar-refractivity contribution in [2.75, 3.05) is 25.9 Å². The molecule has 1 unspecified atom stereocenters. The quantitative estimate of drug-likeness (QED) is 0.548. The molecule has 0 radical (unpaired) electrons. The molecule has 1 heterocycles. The minimum atomic E-state index is 0.827. The first kappa shape index (κ1) is 7.97. The van der Waals surface area contributed by atoms with Crippen molar-refractivity contribution < 1.29 is 0 Å². The van der Waals surface area contributed by atoms with Crippen molar-refractivity contribution in [2.45, 2.75) is 11.7 Å². The molecule has 1 aliphatic heterocycles. The van der Waals surface area contributed by atoms with E-state index in [-0.39, 0.29) is 0 Å². The fourth-order valence-electron chi connectivity index (χ4n) is 1.26. The summed E-state index contributed by atoms with van der Waals surface area (Å²) < 4.78 is 0. The molecule has 0 amide bonds. The summed E-state index contributed by atoms with van der Waals surface area (Å²) in [5, 5.41) is 0.827. The van der Waals surface area contributed by atoms with Crippen LogP contribution >= 0.6 is 11.8 Å². The Morgan fingerprint density at radius 1 is 1.80 bits per heavy atom. The van der Waals surface area contributed by atoms with Gasteiger partial charge in [-0.1, -0.05) is 5.92 Å². The van der Waals surface area contributed by atoms with E-state index in [1.54, 1.807) is 0 Å². The molecule has 1 rings (SSSR count). The van der Waals surface area contributed by atoms with E-state index in [4.69, 9.17) is 6.42 Å².